The smallest absolute Gasteiger partial charge is 0.320 e. The van der Waals surface area contributed by atoms with Crippen LogP contribution in [0.15, 0.2) is 24.3 Å². The van der Waals surface area contributed by atoms with E-state index in [4.69, 9.17) is 10.8 Å². The molecule has 0 spiro atoms. The van der Waals surface area contributed by atoms with Gasteiger partial charge in [0.25, 0.3) is 0 Å². The Morgan fingerprint density at radius 2 is 1.90 bits per heavy atom. The first-order chi connectivity index (χ1) is 9.40. The largest absolute Gasteiger partial charge is 0.480 e. The first kappa shape index (κ1) is 16.0. The summed E-state index contributed by atoms with van der Waals surface area (Å²) in [6, 6.07) is 7.05. The van der Waals surface area contributed by atoms with Gasteiger partial charge in [0.05, 0.1) is 0 Å². The Morgan fingerprint density at radius 3 is 2.35 bits per heavy atom. The van der Waals surface area contributed by atoms with Crippen molar-refractivity contribution in [3.8, 4) is 0 Å². The maximum absolute atomic E-state index is 11.1. The second kappa shape index (κ2) is 7.49. The van der Waals surface area contributed by atoms with Crippen LogP contribution in [0.1, 0.15) is 18.4 Å². The molecule has 1 amide bonds. The highest BCUT2D eigenvalue weighted by Crippen LogP contribution is 2.12. The highest BCUT2D eigenvalue weighted by Gasteiger charge is 2.17. The molecule has 0 aliphatic carbocycles. The van der Waals surface area contributed by atoms with Gasteiger partial charge in [-0.25, -0.2) is 0 Å². The SMILES string of the molecule is CN(C)c1ccc(CN[C@@H](CCC(N)=O)C(=O)O)cc1. The zero-order valence-corrected chi connectivity index (χ0v) is 11.8. The Hall–Kier alpha value is -2.08. The van der Waals surface area contributed by atoms with Crippen LogP contribution in [0.5, 0.6) is 0 Å². The van der Waals surface area contributed by atoms with Crippen molar-refractivity contribution in [1.82, 2.24) is 5.32 Å². The molecule has 0 aliphatic heterocycles. The summed E-state index contributed by atoms with van der Waals surface area (Å²) in [5.74, 6) is -1.47. The lowest BCUT2D eigenvalue weighted by molar-refractivity contribution is -0.139. The number of hydrogen-bond acceptors (Lipinski definition) is 4. The summed E-state index contributed by atoms with van der Waals surface area (Å²) in [6.07, 6.45) is 0.254. The Morgan fingerprint density at radius 1 is 1.30 bits per heavy atom. The topological polar surface area (TPSA) is 95.7 Å². The van der Waals surface area contributed by atoms with Gasteiger partial charge in [-0.1, -0.05) is 12.1 Å². The van der Waals surface area contributed by atoms with E-state index in [9.17, 15) is 9.59 Å². The molecular formula is C14H21N3O3. The van der Waals surface area contributed by atoms with Crippen LogP contribution < -0.4 is 16.0 Å². The van der Waals surface area contributed by atoms with Gasteiger partial charge in [-0.05, 0) is 24.1 Å². The Labute approximate surface area is 118 Å². The van der Waals surface area contributed by atoms with E-state index in [1.807, 2.05) is 43.3 Å². The third-order valence-electron chi connectivity index (χ3n) is 2.98. The third kappa shape index (κ3) is 5.27. The predicted molar refractivity (Wildman–Crippen MR) is 77.5 cm³/mol. The van der Waals surface area contributed by atoms with E-state index in [-0.39, 0.29) is 12.8 Å². The van der Waals surface area contributed by atoms with Crippen molar-refractivity contribution in [1.29, 1.82) is 0 Å². The molecule has 0 aromatic heterocycles. The van der Waals surface area contributed by atoms with Crippen molar-refractivity contribution in [3.63, 3.8) is 0 Å². The number of nitrogens with one attached hydrogen (secondary N) is 1. The summed E-state index contributed by atoms with van der Waals surface area (Å²) in [6.45, 7) is 0.434. The van der Waals surface area contributed by atoms with Crippen LogP contribution >= 0.6 is 0 Å². The summed E-state index contributed by atoms with van der Waals surface area (Å²) >= 11 is 0. The van der Waals surface area contributed by atoms with E-state index in [1.165, 1.54) is 0 Å². The summed E-state index contributed by atoms with van der Waals surface area (Å²) < 4.78 is 0. The fourth-order valence-corrected chi connectivity index (χ4v) is 1.75. The number of primary amides is 1. The van der Waals surface area contributed by atoms with Crippen LogP contribution in [0.4, 0.5) is 5.69 Å². The van der Waals surface area contributed by atoms with Gasteiger partial charge in [0, 0.05) is 32.7 Å². The van der Waals surface area contributed by atoms with Crippen LogP contribution in [-0.2, 0) is 16.1 Å². The number of hydrogen-bond donors (Lipinski definition) is 3. The second-order valence-electron chi connectivity index (χ2n) is 4.84. The van der Waals surface area contributed by atoms with Crippen LogP contribution in [0, 0.1) is 0 Å². The lowest BCUT2D eigenvalue weighted by atomic mass is 10.1. The summed E-state index contributed by atoms with van der Waals surface area (Å²) in [7, 11) is 3.91. The lowest BCUT2D eigenvalue weighted by Gasteiger charge is -2.15. The van der Waals surface area contributed by atoms with Crippen LogP contribution in [0.2, 0.25) is 0 Å². The molecule has 0 radical (unpaired) electrons. The summed E-state index contributed by atoms with van der Waals surface area (Å²) in [5.41, 5.74) is 7.10. The second-order valence-corrected chi connectivity index (χ2v) is 4.84. The van der Waals surface area contributed by atoms with Crippen LogP contribution in [-0.4, -0.2) is 37.1 Å². The van der Waals surface area contributed by atoms with Crippen LogP contribution in [0.25, 0.3) is 0 Å². The number of rotatable bonds is 8. The molecule has 0 saturated heterocycles. The maximum Gasteiger partial charge on any atom is 0.320 e. The van der Waals surface area contributed by atoms with Gasteiger partial charge in [-0.15, -0.1) is 0 Å². The number of carbonyl (C=O) groups excluding carboxylic acids is 1. The number of benzene rings is 1. The summed E-state index contributed by atoms with van der Waals surface area (Å²) in [4.78, 5) is 23.7. The van der Waals surface area contributed by atoms with Crippen molar-refractivity contribution < 1.29 is 14.7 Å². The third-order valence-corrected chi connectivity index (χ3v) is 2.98. The van der Waals surface area contributed by atoms with E-state index < -0.39 is 17.9 Å². The Bertz CT molecular complexity index is 457. The quantitative estimate of drug-likeness (QED) is 0.646. The molecule has 0 unspecified atom stereocenters. The minimum Gasteiger partial charge on any atom is -0.480 e. The first-order valence-electron chi connectivity index (χ1n) is 6.41. The minimum absolute atomic E-state index is 0.0591. The molecule has 6 nitrogen and oxygen atoms in total. The van der Waals surface area contributed by atoms with E-state index in [1.54, 1.807) is 0 Å². The van der Waals surface area contributed by atoms with Gasteiger partial charge >= 0.3 is 5.97 Å². The molecule has 0 bridgehead atoms. The molecule has 1 rings (SSSR count). The predicted octanol–water partition coefficient (Wildman–Crippen LogP) is 0.561. The fourth-order valence-electron chi connectivity index (χ4n) is 1.75. The number of carbonyl (C=O) groups is 2. The van der Waals surface area contributed by atoms with E-state index >= 15 is 0 Å². The van der Waals surface area contributed by atoms with Gasteiger partial charge < -0.3 is 21.1 Å². The fraction of sp³-hybridized carbons (Fsp3) is 0.429. The highest BCUT2D eigenvalue weighted by molar-refractivity contribution is 5.77. The van der Waals surface area contributed by atoms with Gasteiger partial charge in [-0.2, -0.15) is 0 Å². The summed E-state index contributed by atoms with van der Waals surface area (Å²) in [5, 5.41) is 12.0. The van der Waals surface area contributed by atoms with E-state index in [2.05, 4.69) is 5.32 Å². The van der Waals surface area contributed by atoms with Gasteiger partial charge in [-0.3, -0.25) is 9.59 Å². The number of anilines is 1. The zero-order valence-electron chi connectivity index (χ0n) is 11.8. The molecule has 4 N–H and O–H groups in total. The highest BCUT2D eigenvalue weighted by atomic mass is 16.4. The monoisotopic (exact) mass is 279 g/mol. The Balaban J connectivity index is 2.54. The normalized spacial score (nSPS) is 11.9. The number of nitrogens with two attached hydrogens (primary N) is 1. The maximum atomic E-state index is 11.1. The van der Waals surface area contributed by atoms with Gasteiger partial charge in [0.15, 0.2) is 0 Å². The molecule has 0 aliphatic rings. The standard InChI is InChI=1S/C14H21N3O3/c1-17(2)11-5-3-10(4-6-11)9-16-12(14(19)20)7-8-13(15)18/h3-6,12,16H,7-9H2,1-2H3,(H2,15,18)(H,19,20)/t12-/m0/s1. The lowest BCUT2D eigenvalue weighted by Crippen LogP contribution is -2.37. The molecule has 1 aromatic rings. The van der Waals surface area contributed by atoms with Crippen molar-refractivity contribution >= 4 is 17.6 Å². The molecule has 1 atom stereocenters. The molecule has 110 valence electrons. The number of aliphatic carboxylic acids is 1. The van der Waals surface area contributed by atoms with Crippen molar-refractivity contribution in [3.05, 3.63) is 29.8 Å². The van der Waals surface area contributed by atoms with E-state index in [0.29, 0.717) is 6.54 Å². The molecule has 0 heterocycles. The number of amides is 1. The molecule has 1 aromatic carbocycles. The first-order valence-corrected chi connectivity index (χ1v) is 6.41. The molecule has 0 fully saturated rings. The number of carboxylic acid groups (broad SMARTS) is 1. The van der Waals surface area contributed by atoms with Crippen molar-refractivity contribution in [2.75, 3.05) is 19.0 Å². The number of nitrogens with zero attached hydrogens (tertiary/aromatic N) is 1. The molecule has 6 heteroatoms. The van der Waals surface area contributed by atoms with Crippen molar-refractivity contribution in [2.24, 2.45) is 5.73 Å². The van der Waals surface area contributed by atoms with Crippen molar-refractivity contribution in [2.45, 2.75) is 25.4 Å². The average molecular weight is 279 g/mol. The zero-order chi connectivity index (χ0) is 15.1. The minimum atomic E-state index is -0.976. The number of carboxylic acids is 1. The molecule has 0 saturated carbocycles. The molecular weight excluding hydrogens is 258 g/mol. The van der Waals surface area contributed by atoms with Gasteiger partial charge in [0.2, 0.25) is 5.91 Å². The molecule has 20 heavy (non-hydrogen) atoms. The average Bonchev–Trinajstić information content (AvgIpc) is 2.38. The Kier molecular flexibility index (Phi) is 5.99. The van der Waals surface area contributed by atoms with Crippen LogP contribution in [0.3, 0.4) is 0 Å². The van der Waals surface area contributed by atoms with Gasteiger partial charge in [0.1, 0.15) is 6.04 Å². The van der Waals surface area contributed by atoms with E-state index in [0.717, 1.165) is 11.3 Å².